The molecule has 2 saturated heterocycles. The van der Waals surface area contributed by atoms with E-state index in [1.54, 1.807) is 7.11 Å². The van der Waals surface area contributed by atoms with E-state index in [9.17, 15) is 4.79 Å². The van der Waals surface area contributed by atoms with E-state index in [0.29, 0.717) is 13.2 Å². The lowest BCUT2D eigenvalue weighted by atomic mass is 9.79. The number of hydrogen-bond acceptors (Lipinski definition) is 5. The van der Waals surface area contributed by atoms with Gasteiger partial charge in [0.2, 0.25) is 5.91 Å². The van der Waals surface area contributed by atoms with Crippen molar-refractivity contribution in [3.8, 4) is 5.75 Å². The number of carbonyl (C=O) groups is 1. The predicted molar refractivity (Wildman–Crippen MR) is 113 cm³/mol. The fourth-order valence-corrected chi connectivity index (χ4v) is 4.24. The molecular weight excluding hydrogens is 382 g/mol. The Morgan fingerprint density at radius 3 is 2.43 bits per heavy atom. The summed E-state index contributed by atoms with van der Waals surface area (Å²) in [5, 5.41) is 0. The second-order valence-electron chi connectivity index (χ2n) is 8.29. The van der Waals surface area contributed by atoms with Crippen LogP contribution in [-0.4, -0.2) is 43.7 Å². The molecule has 0 N–H and O–H groups in total. The number of β-lactam (4-membered cyclic amide) rings is 1. The molecule has 0 aromatic heterocycles. The molecule has 0 spiro atoms. The molecule has 2 heterocycles. The van der Waals surface area contributed by atoms with Crippen molar-refractivity contribution in [1.82, 2.24) is 0 Å². The number of rotatable bonds is 7. The van der Waals surface area contributed by atoms with Crippen LogP contribution in [0.5, 0.6) is 5.75 Å². The van der Waals surface area contributed by atoms with Crippen molar-refractivity contribution in [3.05, 3.63) is 60.2 Å². The zero-order valence-corrected chi connectivity index (χ0v) is 17.9. The van der Waals surface area contributed by atoms with Gasteiger partial charge in [-0.25, -0.2) is 0 Å². The highest BCUT2D eigenvalue weighted by Gasteiger charge is 2.57. The van der Waals surface area contributed by atoms with Crippen LogP contribution in [0, 0.1) is 5.92 Å². The highest BCUT2D eigenvalue weighted by Crippen LogP contribution is 2.41. The SMILES string of the molecule is COc1ccc(N2C(=O)[C@H]([C@@H](C)OCc3ccccc3)[C@H]2[C@H]2COC(C)(C)O2)cc1. The second-order valence-corrected chi connectivity index (χ2v) is 8.29. The fraction of sp³-hybridized carbons (Fsp3) is 0.458. The fourth-order valence-electron chi connectivity index (χ4n) is 4.24. The van der Waals surface area contributed by atoms with Gasteiger partial charge in [0.1, 0.15) is 11.9 Å². The van der Waals surface area contributed by atoms with Crippen LogP contribution in [0.1, 0.15) is 26.3 Å². The molecule has 4 rings (SSSR count). The lowest BCUT2D eigenvalue weighted by Gasteiger charge is -2.51. The number of methoxy groups -OCH3 is 1. The summed E-state index contributed by atoms with van der Waals surface area (Å²) in [6, 6.07) is 17.3. The van der Waals surface area contributed by atoms with Crippen molar-refractivity contribution in [1.29, 1.82) is 0 Å². The van der Waals surface area contributed by atoms with Gasteiger partial charge in [-0.2, -0.15) is 0 Å². The van der Waals surface area contributed by atoms with E-state index >= 15 is 0 Å². The summed E-state index contributed by atoms with van der Waals surface area (Å²) in [7, 11) is 1.63. The zero-order chi connectivity index (χ0) is 21.3. The van der Waals surface area contributed by atoms with Gasteiger partial charge in [0, 0.05) is 5.69 Å². The third-order valence-corrected chi connectivity index (χ3v) is 5.81. The first-order valence-electron chi connectivity index (χ1n) is 10.3. The van der Waals surface area contributed by atoms with Crippen LogP contribution in [0.2, 0.25) is 0 Å². The van der Waals surface area contributed by atoms with Crippen LogP contribution in [0.15, 0.2) is 54.6 Å². The minimum atomic E-state index is -0.659. The lowest BCUT2D eigenvalue weighted by molar-refractivity contribution is -0.159. The molecule has 0 aliphatic carbocycles. The molecule has 0 radical (unpaired) electrons. The molecule has 2 aromatic carbocycles. The maximum absolute atomic E-state index is 13.2. The largest absolute Gasteiger partial charge is 0.497 e. The number of anilines is 1. The van der Waals surface area contributed by atoms with Crippen molar-refractivity contribution < 1.29 is 23.7 Å². The Morgan fingerprint density at radius 1 is 1.13 bits per heavy atom. The molecule has 0 bridgehead atoms. The first kappa shape index (κ1) is 20.8. The summed E-state index contributed by atoms with van der Waals surface area (Å²) in [6.07, 6.45) is -0.461. The second kappa shape index (κ2) is 8.38. The van der Waals surface area contributed by atoms with Crippen molar-refractivity contribution in [3.63, 3.8) is 0 Å². The minimum Gasteiger partial charge on any atom is -0.497 e. The third kappa shape index (κ3) is 4.08. The first-order valence-corrected chi connectivity index (χ1v) is 10.3. The summed E-state index contributed by atoms with van der Waals surface area (Å²) in [4.78, 5) is 15.0. The molecule has 2 aromatic rings. The Bertz CT molecular complexity index is 867. The number of carbonyl (C=O) groups excluding carboxylic acids is 1. The Labute approximate surface area is 177 Å². The van der Waals surface area contributed by atoms with Crippen LogP contribution in [0.3, 0.4) is 0 Å². The molecule has 6 heteroatoms. The molecule has 6 nitrogen and oxygen atoms in total. The van der Waals surface area contributed by atoms with E-state index in [1.165, 1.54) is 0 Å². The maximum atomic E-state index is 13.2. The summed E-state index contributed by atoms with van der Waals surface area (Å²) in [6.45, 7) is 6.67. The Morgan fingerprint density at radius 2 is 1.83 bits per heavy atom. The smallest absolute Gasteiger partial charge is 0.235 e. The number of hydrogen-bond donors (Lipinski definition) is 0. The van der Waals surface area contributed by atoms with E-state index in [0.717, 1.165) is 17.0 Å². The van der Waals surface area contributed by atoms with Crippen LogP contribution >= 0.6 is 0 Å². The van der Waals surface area contributed by atoms with Gasteiger partial charge < -0.3 is 23.8 Å². The molecule has 0 unspecified atom stereocenters. The quantitative estimate of drug-likeness (QED) is 0.649. The monoisotopic (exact) mass is 411 g/mol. The Balaban J connectivity index is 1.53. The molecule has 2 fully saturated rings. The normalized spacial score (nSPS) is 26.3. The molecule has 160 valence electrons. The molecule has 30 heavy (non-hydrogen) atoms. The lowest BCUT2D eigenvalue weighted by Crippen LogP contribution is -2.69. The van der Waals surface area contributed by atoms with Crippen molar-refractivity contribution in [2.24, 2.45) is 5.92 Å². The van der Waals surface area contributed by atoms with E-state index < -0.39 is 5.79 Å². The number of nitrogens with zero attached hydrogens (tertiary/aromatic N) is 1. The highest BCUT2D eigenvalue weighted by molar-refractivity contribution is 6.03. The summed E-state index contributed by atoms with van der Waals surface area (Å²) < 4.78 is 23.3. The van der Waals surface area contributed by atoms with Gasteiger partial charge in [-0.3, -0.25) is 4.79 Å². The van der Waals surface area contributed by atoms with E-state index in [1.807, 2.05) is 80.3 Å². The third-order valence-electron chi connectivity index (χ3n) is 5.81. The van der Waals surface area contributed by atoms with Gasteiger partial charge in [0.25, 0.3) is 0 Å². The average molecular weight is 411 g/mol. The highest BCUT2D eigenvalue weighted by atomic mass is 16.7. The number of ether oxygens (including phenoxy) is 4. The first-order chi connectivity index (χ1) is 14.4. The molecule has 1 amide bonds. The van der Waals surface area contributed by atoms with Crippen LogP contribution < -0.4 is 9.64 Å². The van der Waals surface area contributed by atoms with Gasteiger partial charge in [0.05, 0.1) is 38.4 Å². The van der Waals surface area contributed by atoms with Crippen molar-refractivity contribution in [2.75, 3.05) is 18.6 Å². The molecular formula is C24H29NO5. The van der Waals surface area contributed by atoms with Gasteiger partial charge in [-0.1, -0.05) is 30.3 Å². The van der Waals surface area contributed by atoms with Gasteiger partial charge in [-0.15, -0.1) is 0 Å². The number of amides is 1. The van der Waals surface area contributed by atoms with Crippen LogP contribution in [0.25, 0.3) is 0 Å². The van der Waals surface area contributed by atoms with Crippen molar-refractivity contribution in [2.45, 2.75) is 51.4 Å². The molecule has 2 aliphatic heterocycles. The number of benzene rings is 2. The van der Waals surface area contributed by atoms with E-state index in [4.69, 9.17) is 18.9 Å². The van der Waals surface area contributed by atoms with E-state index in [2.05, 4.69) is 0 Å². The topological polar surface area (TPSA) is 57.2 Å². The summed E-state index contributed by atoms with van der Waals surface area (Å²) in [5.41, 5.74) is 1.91. The zero-order valence-electron chi connectivity index (χ0n) is 17.9. The Kier molecular flexibility index (Phi) is 5.82. The molecule has 0 saturated carbocycles. The molecule has 4 atom stereocenters. The van der Waals surface area contributed by atoms with Gasteiger partial charge in [0.15, 0.2) is 5.79 Å². The molecule has 2 aliphatic rings. The summed E-state index contributed by atoms with van der Waals surface area (Å²) in [5.74, 6) is -0.161. The average Bonchev–Trinajstić information content (AvgIpc) is 3.10. The Hall–Kier alpha value is -2.41. The standard InChI is InChI=1S/C24H29NO5/c1-16(28-14-17-8-6-5-7-9-17)21-22(20-15-29-24(2,3)30-20)25(23(21)26)18-10-12-19(27-4)13-11-18/h5-13,16,20-22H,14-15H2,1-4H3/t16-,20-,21-,22-/m1/s1. The van der Waals surface area contributed by atoms with Crippen LogP contribution in [-0.2, 0) is 25.6 Å². The summed E-state index contributed by atoms with van der Waals surface area (Å²) >= 11 is 0. The van der Waals surface area contributed by atoms with E-state index in [-0.39, 0.29) is 30.1 Å². The predicted octanol–water partition coefficient (Wildman–Crippen LogP) is 3.78. The van der Waals surface area contributed by atoms with Crippen molar-refractivity contribution >= 4 is 11.6 Å². The van der Waals surface area contributed by atoms with Gasteiger partial charge >= 0.3 is 0 Å². The van der Waals surface area contributed by atoms with Crippen LogP contribution in [0.4, 0.5) is 5.69 Å². The minimum absolute atomic E-state index is 0.0408. The maximum Gasteiger partial charge on any atom is 0.235 e. The van der Waals surface area contributed by atoms with Gasteiger partial charge in [-0.05, 0) is 50.6 Å².